The van der Waals surface area contributed by atoms with Crippen molar-refractivity contribution < 1.29 is 23.9 Å². The van der Waals surface area contributed by atoms with Crippen molar-refractivity contribution in [2.24, 2.45) is 0 Å². The molecule has 2 aromatic rings. The van der Waals surface area contributed by atoms with Gasteiger partial charge < -0.3 is 19.5 Å². The molecule has 0 heterocycles. The fourth-order valence-electron chi connectivity index (χ4n) is 2.69. The average molecular weight is 388 g/mol. The summed E-state index contributed by atoms with van der Waals surface area (Å²) in [6.07, 6.45) is 0.0227. The lowest BCUT2D eigenvalue weighted by atomic mass is 10.1. The molecule has 0 aliphatic carbocycles. The van der Waals surface area contributed by atoms with E-state index in [1.807, 2.05) is 38.1 Å². The van der Waals surface area contributed by atoms with E-state index in [9.17, 15) is 14.9 Å². The number of hydrogen-bond donors (Lipinski definition) is 1. The van der Waals surface area contributed by atoms with Gasteiger partial charge in [0, 0.05) is 6.07 Å². The van der Waals surface area contributed by atoms with Crippen molar-refractivity contribution >= 4 is 11.6 Å². The molecule has 150 valence electrons. The van der Waals surface area contributed by atoms with Crippen LogP contribution in [0.1, 0.15) is 42.7 Å². The first kappa shape index (κ1) is 21.0. The molecule has 0 aliphatic heterocycles. The van der Waals surface area contributed by atoms with Crippen molar-refractivity contribution in [3.8, 4) is 17.2 Å². The number of ether oxygens (including phenoxy) is 3. The maximum Gasteiger partial charge on any atom is 0.286 e. The number of methoxy groups -OCH3 is 2. The molecule has 1 amide bonds. The van der Waals surface area contributed by atoms with Crippen molar-refractivity contribution in [1.29, 1.82) is 0 Å². The quantitative estimate of drug-likeness (QED) is 0.544. The highest BCUT2D eigenvalue weighted by molar-refractivity contribution is 5.99. The second-order valence-electron chi connectivity index (χ2n) is 6.42. The molecule has 0 unspecified atom stereocenters. The van der Waals surface area contributed by atoms with Gasteiger partial charge >= 0.3 is 0 Å². The number of nitro groups is 1. The predicted molar refractivity (Wildman–Crippen MR) is 104 cm³/mol. The third kappa shape index (κ3) is 4.91. The van der Waals surface area contributed by atoms with E-state index in [0.29, 0.717) is 5.75 Å². The minimum absolute atomic E-state index is 0.0227. The van der Waals surface area contributed by atoms with Crippen LogP contribution in [0.25, 0.3) is 0 Å². The summed E-state index contributed by atoms with van der Waals surface area (Å²) in [5.41, 5.74) is 0.345. The minimum atomic E-state index is -0.626. The Bertz CT molecular complexity index is 866. The standard InChI is InChI=1S/C20H24N2O6/c1-12(2)28-15-8-6-7-14(9-15)13(3)21-20(23)16-10-18(26-4)19(27-5)11-17(16)22(24)25/h6-13H,1-5H3,(H,21,23)/t13-/m1/s1. The molecule has 0 radical (unpaired) electrons. The van der Waals surface area contributed by atoms with Gasteiger partial charge in [0.05, 0.1) is 37.4 Å². The van der Waals surface area contributed by atoms with E-state index in [2.05, 4.69) is 5.32 Å². The molecule has 8 heteroatoms. The van der Waals surface area contributed by atoms with Crippen molar-refractivity contribution in [3.63, 3.8) is 0 Å². The van der Waals surface area contributed by atoms with E-state index in [-0.39, 0.29) is 28.9 Å². The number of nitrogens with zero attached hydrogens (tertiary/aromatic N) is 1. The largest absolute Gasteiger partial charge is 0.493 e. The third-order valence-electron chi connectivity index (χ3n) is 4.02. The van der Waals surface area contributed by atoms with Gasteiger partial charge in [-0.25, -0.2) is 0 Å². The Morgan fingerprint density at radius 2 is 1.71 bits per heavy atom. The number of rotatable bonds is 8. The van der Waals surface area contributed by atoms with Crippen LogP contribution in [0.5, 0.6) is 17.2 Å². The molecule has 1 atom stereocenters. The van der Waals surface area contributed by atoms with E-state index in [1.165, 1.54) is 26.4 Å². The lowest BCUT2D eigenvalue weighted by molar-refractivity contribution is -0.385. The van der Waals surface area contributed by atoms with Crippen LogP contribution in [0.3, 0.4) is 0 Å². The van der Waals surface area contributed by atoms with Crippen LogP contribution in [0.4, 0.5) is 5.69 Å². The lowest BCUT2D eigenvalue weighted by Crippen LogP contribution is -2.27. The van der Waals surface area contributed by atoms with Crippen molar-refractivity contribution in [3.05, 3.63) is 57.6 Å². The van der Waals surface area contributed by atoms with Gasteiger partial charge in [-0.05, 0) is 38.5 Å². The van der Waals surface area contributed by atoms with Crippen LogP contribution in [-0.2, 0) is 0 Å². The van der Waals surface area contributed by atoms with E-state index < -0.39 is 16.9 Å². The molecular formula is C20H24N2O6. The first-order valence-corrected chi connectivity index (χ1v) is 8.74. The maximum atomic E-state index is 12.7. The first-order chi connectivity index (χ1) is 13.3. The van der Waals surface area contributed by atoms with Gasteiger partial charge in [0.25, 0.3) is 11.6 Å². The van der Waals surface area contributed by atoms with Gasteiger partial charge in [0.15, 0.2) is 11.5 Å². The summed E-state index contributed by atoms with van der Waals surface area (Å²) in [5.74, 6) is 0.511. The average Bonchev–Trinajstić information content (AvgIpc) is 2.66. The number of carbonyl (C=O) groups excluding carboxylic acids is 1. The molecule has 0 spiro atoms. The highest BCUT2D eigenvalue weighted by atomic mass is 16.6. The molecule has 8 nitrogen and oxygen atoms in total. The van der Waals surface area contributed by atoms with E-state index in [1.54, 1.807) is 6.92 Å². The smallest absolute Gasteiger partial charge is 0.286 e. The minimum Gasteiger partial charge on any atom is -0.493 e. The van der Waals surface area contributed by atoms with Crippen LogP contribution in [0, 0.1) is 10.1 Å². The van der Waals surface area contributed by atoms with Crippen LogP contribution < -0.4 is 19.5 Å². The SMILES string of the molecule is COc1cc(C(=O)N[C@H](C)c2cccc(OC(C)C)c2)c([N+](=O)[O-])cc1OC. The number of benzene rings is 2. The van der Waals surface area contributed by atoms with Crippen molar-refractivity contribution in [2.45, 2.75) is 32.9 Å². The fourth-order valence-corrected chi connectivity index (χ4v) is 2.69. The number of hydrogen-bond acceptors (Lipinski definition) is 6. The summed E-state index contributed by atoms with van der Waals surface area (Å²) in [6.45, 7) is 5.64. The summed E-state index contributed by atoms with van der Waals surface area (Å²) in [6, 6.07) is 9.42. The molecule has 0 bridgehead atoms. The number of nitrogens with one attached hydrogen (secondary N) is 1. The van der Waals surface area contributed by atoms with E-state index in [4.69, 9.17) is 14.2 Å². The number of nitro benzene ring substituents is 1. The molecule has 2 aromatic carbocycles. The predicted octanol–water partition coefficient (Wildman–Crippen LogP) is 3.89. The van der Waals surface area contributed by atoms with Crippen LogP contribution in [-0.4, -0.2) is 31.2 Å². The molecular weight excluding hydrogens is 364 g/mol. The second-order valence-corrected chi connectivity index (χ2v) is 6.42. The molecule has 0 saturated heterocycles. The normalized spacial score (nSPS) is 11.6. The summed E-state index contributed by atoms with van der Waals surface area (Å²) < 4.78 is 15.9. The van der Waals surface area contributed by atoms with Gasteiger partial charge in [0.1, 0.15) is 11.3 Å². The van der Waals surface area contributed by atoms with Crippen LogP contribution in [0.2, 0.25) is 0 Å². The summed E-state index contributed by atoms with van der Waals surface area (Å²) >= 11 is 0. The Labute approximate surface area is 163 Å². The Morgan fingerprint density at radius 1 is 1.07 bits per heavy atom. The van der Waals surface area contributed by atoms with Crippen molar-refractivity contribution in [1.82, 2.24) is 5.32 Å². The van der Waals surface area contributed by atoms with Gasteiger partial charge in [-0.3, -0.25) is 14.9 Å². The van der Waals surface area contributed by atoms with Gasteiger partial charge in [0.2, 0.25) is 0 Å². The Hall–Kier alpha value is -3.29. The highest BCUT2D eigenvalue weighted by Crippen LogP contribution is 2.34. The zero-order valence-electron chi connectivity index (χ0n) is 16.5. The summed E-state index contributed by atoms with van der Waals surface area (Å²) in [7, 11) is 2.77. The molecule has 28 heavy (non-hydrogen) atoms. The Kier molecular flexibility index (Phi) is 6.81. The van der Waals surface area contributed by atoms with Crippen molar-refractivity contribution in [2.75, 3.05) is 14.2 Å². The van der Waals surface area contributed by atoms with Gasteiger partial charge in [-0.1, -0.05) is 12.1 Å². The lowest BCUT2D eigenvalue weighted by Gasteiger charge is -2.17. The molecule has 0 fully saturated rings. The highest BCUT2D eigenvalue weighted by Gasteiger charge is 2.25. The number of carbonyl (C=O) groups is 1. The Morgan fingerprint density at radius 3 is 2.29 bits per heavy atom. The second kappa shape index (κ2) is 9.07. The third-order valence-corrected chi connectivity index (χ3v) is 4.02. The first-order valence-electron chi connectivity index (χ1n) is 8.74. The molecule has 2 rings (SSSR count). The van der Waals surface area contributed by atoms with E-state index >= 15 is 0 Å². The van der Waals surface area contributed by atoms with E-state index in [0.717, 1.165) is 5.56 Å². The maximum absolute atomic E-state index is 12.7. The van der Waals surface area contributed by atoms with Crippen LogP contribution >= 0.6 is 0 Å². The molecule has 0 aromatic heterocycles. The zero-order valence-corrected chi connectivity index (χ0v) is 16.5. The summed E-state index contributed by atoms with van der Waals surface area (Å²) in [5, 5.41) is 14.2. The van der Waals surface area contributed by atoms with Gasteiger partial charge in [-0.15, -0.1) is 0 Å². The number of amides is 1. The Balaban J connectivity index is 2.30. The molecule has 0 aliphatic rings. The summed E-state index contributed by atoms with van der Waals surface area (Å²) in [4.78, 5) is 23.5. The zero-order chi connectivity index (χ0) is 20.8. The van der Waals surface area contributed by atoms with Gasteiger partial charge in [-0.2, -0.15) is 0 Å². The monoisotopic (exact) mass is 388 g/mol. The van der Waals surface area contributed by atoms with Crippen LogP contribution in [0.15, 0.2) is 36.4 Å². The topological polar surface area (TPSA) is 99.9 Å². The fraction of sp³-hybridized carbons (Fsp3) is 0.350. The molecule has 0 saturated carbocycles. The molecule has 1 N–H and O–H groups in total.